The number of hydrogen-bond donors (Lipinski definition) is 1. The molecule has 0 unspecified atom stereocenters. The van der Waals surface area contributed by atoms with Crippen LogP contribution in [0.15, 0.2) is 42.5 Å². The van der Waals surface area contributed by atoms with Crippen molar-refractivity contribution in [3.05, 3.63) is 53.2 Å². The van der Waals surface area contributed by atoms with Crippen molar-refractivity contribution < 1.29 is 5.16 Å². The fourth-order valence-corrected chi connectivity index (χ4v) is 1.43. The summed E-state index contributed by atoms with van der Waals surface area (Å²) in [6, 6.07) is 13.9. The molecular weight excluding hydrogens is 162 g/mol. The van der Waals surface area contributed by atoms with Gasteiger partial charge in [-0.05, 0) is 17.2 Å². The molecule has 0 fully saturated rings. The predicted molar refractivity (Wildman–Crippen MR) is 52.6 cm³/mol. The first-order valence-corrected chi connectivity index (χ1v) is 4.10. The third kappa shape index (κ3) is 1.38. The van der Waals surface area contributed by atoms with Crippen LogP contribution in [0.1, 0.15) is 5.56 Å². The molecule has 13 heavy (non-hydrogen) atoms. The third-order valence-corrected chi connectivity index (χ3v) is 2.04. The molecule has 2 aliphatic rings. The summed E-state index contributed by atoms with van der Waals surface area (Å²) in [5.74, 6) is 0. The average Bonchev–Trinajstić information content (AvgIpc) is 2.38. The van der Waals surface area contributed by atoms with Gasteiger partial charge in [0.2, 0.25) is 0 Å². The monoisotopic (exact) mass is 171 g/mol. The zero-order valence-electron chi connectivity index (χ0n) is 7.03. The molecule has 64 valence electrons. The van der Waals surface area contributed by atoms with E-state index in [0.29, 0.717) is 0 Å². The Labute approximate surface area is 76.5 Å². The zero-order chi connectivity index (χ0) is 9.10. The van der Waals surface area contributed by atoms with Gasteiger partial charge < -0.3 is 5.21 Å². The van der Waals surface area contributed by atoms with E-state index in [4.69, 9.17) is 0 Å². The van der Waals surface area contributed by atoms with Crippen LogP contribution in [-0.4, -0.2) is 6.21 Å². The Morgan fingerprint density at radius 2 is 1.85 bits per heavy atom. The average molecular weight is 171 g/mol. The van der Waals surface area contributed by atoms with E-state index in [1.165, 1.54) is 6.21 Å². The van der Waals surface area contributed by atoms with Crippen LogP contribution in [0, 0.1) is 5.21 Å². The lowest BCUT2D eigenvalue weighted by atomic mass is 10.1. The third-order valence-electron chi connectivity index (χ3n) is 2.04. The first-order valence-electron chi connectivity index (χ1n) is 4.10. The fourth-order valence-electron chi connectivity index (χ4n) is 1.43. The van der Waals surface area contributed by atoms with Gasteiger partial charge in [0.15, 0.2) is 6.21 Å². The normalized spacial score (nSPS) is 11.1. The highest BCUT2D eigenvalue weighted by molar-refractivity contribution is 5.89. The largest absolute Gasteiger partial charge is 0.625 e. The second-order valence-electron chi connectivity index (χ2n) is 2.83. The first-order chi connectivity index (χ1) is 6.42. The second-order valence-corrected chi connectivity index (χ2v) is 2.83. The smallest absolute Gasteiger partial charge is 0.180 e. The molecule has 0 aromatic carbocycles. The van der Waals surface area contributed by atoms with E-state index in [0.717, 1.165) is 16.7 Å². The van der Waals surface area contributed by atoms with Crippen LogP contribution in [0.3, 0.4) is 0 Å². The van der Waals surface area contributed by atoms with E-state index in [1.807, 2.05) is 42.5 Å². The lowest BCUT2D eigenvalue weighted by Gasteiger charge is -1.91. The molecule has 0 spiro atoms. The van der Waals surface area contributed by atoms with Crippen LogP contribution >= 0.6 is 0 Å². The number of hydrogen-bond acceptors (Lipinski definition) is 1. The van der Waals surface area contributed by atoms with Crippen LogP contribution in [0.5, 0.6) is 0 Å². The van der Waals surface area contributed by atoms with E-state index in [1.54, 1.807) is 5.16 Å². The lowest BCUT2D eigenvalue weighted by Crippen LogP contribution is -2.60. The molecule has 0 aromatic heterocycles. The van der Waals surface area contributed by atoms with Gasteiger partial charge in [-0.3, -0.25) is 0 Å². The van der Waals surface area contributed by atoms with Gasteiger partial charge in [0.1, 0.15) is 0 Å². The summed E-state index contributed by atoms with van der Waals surface area (Å²) in [4.78, 5) is 0. The SMILES string of the molecule is [O-][NH+]=Cc1ccc2cccccc1-2. The fraction of sp³-hybridized carbons (Fsp3) is 0. The van der Waals surface area contributed by atoms with Gasteiger partial charge >= 0.3 is 0 Å². The van der Waals surface area contributed by atoms with Crippen molar-refractivity contribution in [3.8, 4) is 11.1 Å². The van der Waals surface area contributed by atoms with Crippen molar-refractivity contribution in [1.29, 1.82) is 0 Å². The Morgan fingerprint density at radius 1 is 1.00 bits per heavy atom. The highest BCUT2D eigenvalue weighted by Crippen LogP contribution is 2.24. The van der Waals surface area contributed by atoms with Crippen molar-refractivity contribution in [2.75, 3.05) is 0 Å². The molecule has 0 aliphatic heterocycles. The van der Waals surface area contributed by atoms with E-state index < -0.39 is 0 Å². The summed E-state index contributed by atoms with van der Waals surface area (Å²) in [6.07, 6.45) is 1.46. The Kier molecular flexibility index (Phi) is 1.96. The van der Waals surface area contributed by atoms with Crippen LogP contribution in [0.2, 0.25) is 0 Å². The van der Waals surface area contributed by atoms with Crippen molar-refractivity contribution in [2.45, 2.75) is 0 Å². The number of fused-ring (bicyclic) bond motifs is 1. The van der Waals surface area contributed by atoms with Crippen molar-refractivity contribution in [3.63, 3.8) is 0 Å². The van der Waals surface area contributed by atoms with Gasteiger partial charge in [-0.25, -0.2) is 5.16 Å². The second kappa shape index (κ2) is 3.27. The minimum Gasteiger partial charge on any atom is -0.625 e. The zero-order valence-corrected chi connectivity index (χ0v) is 7.03. The van der Waals surface area contributed by atoms with Gasteiger partial charge in [-0.1, -0.05) is 36.4 Å². The summed E-state index contributed by atoms with van der Waals surface area (Å²) >= 11 is 0. The molecular formula is C11H9NO. The Balaban J connectivity index is 2.61. The lowest BCUT2D eigenvalue weighted by molar-refractivity contribution is -0.366. The Morgan fingerprint density at radius 3 is 2.69 bits per heavy atom. The summed E-state index contributed by atoms with van der Waals surface area (Å²) in [5.41, 5.74) is 3.17. The van der Waals surface area contributed by atoms with Crippen LogP contribution in [0.25, 0.3) is 11.1 Å². The summed E-state index contributed by atoms with van der Waals surface area (Å²) in [7, 11) is 0. The van der Waals surface area contributed by atoms with E-state index in [-0.39, 0.29) is 0 Å². The molecule has 0 atom stereocenters. The molecule has 0 saturated heterocycles. The molecule has 2 heteroatoms. The van der Waals surface area contributed by atoms with Crippen LogP contribution in [-0.2, 0) is 0 Å². The topological polar surface area (TPSA) is 37.0 Å². The molecule has 2 aliphatic carbocycles. The summed E-state index contributed by atoms with van der Waals surface area (Å²) in [5, 5.41) is 12.0. The minimum absolute atomic E-state index is 0.932. The van der Waals surface area contributed by atoms with Gasteiger partial charge in [0.25, 0.3) is 0 Å². The molecule has 0 amide bonds. The molecule has 0 bridgehead atoms. The maximum absolute atomic E-state index is 10.2. The standard InChI is InChI=1S/C11H9NO/c13-12-8-10-7-6-9-4-2-1-3-5-11(9)10/h1-8,12H. The van der Waals surface area contributed by atoms with Crippen molar-refractivity contribution in [2.24, 2.45) is 0 Å². The molecule has 0 saturated carbocycles. The summed E-state index contributed by atoms with van der Waals surface area (Å²) in [6.45, 7) is 0. The molecule has 0 heterocycles. The maximum Gasteiger partial charge on any atom is 0.180 e. The van der Waals surface area contributed by atoms with Gasteiger partial charge in [0, 0.05) is 5.56 Å². The van der Waals surface area contributed by atoms with E-state index >= 15 is 0 Å². The molecule has 0 radical (unpaired) electrons. The molecule has 2 rings (SSSR count). The Bertz CT molecular complexity index is 409. The summed E-state index contributed by atoms with van der Waals surface area (Å²) < 4.78 is 0. The Hall–Kier alpha value is -1.83. The quantitative estimate of drug-likeness (QED) is 0.384. The molecule has 0 aromatic rings. The van der Waals surface area contributed by atoms with Crippen molar-refractivity contribution in [1.82, 2.24) is 0 Å². The van der Waals surface area contributed by atoms with E-state index in [2.05, 4.69) is 0 Å². The first kappa shape index (κ1) is 7.80. The van der Waals surface area contributed by atoms with Gasteiger partial charge in [-0.15, -0.1) is 0 Å². The molecule has 2 nitrogen and oxygen atoms in total. The molecule has 1 N–H and O–H groups in total. The van der Waals surface area contributed by atoms with Crippen LogP contribution < -0.4 is 5.16 Å². The van der Waals surface area contributed by atoms with E-state index in [9.17, 15) is 5.21 Å². The maximum atomic E-state index is 10.2. The highest BCUT2D eigenvalue weighted by Gasteiger charge is 2.06. The number of rotatable bonds is 1. The predicted octanol–water partition coefficient (Wildman–Crippen LogP) is 0.789. The van der Waals surface area contributed by atoms with Gasteiger partial charge in [0.05, 0.1) is 0 Å². The highest BCUT2D eigenvalue weighted by atomic mass is 16.4. The number of nitrogens with one attached hydrogen (secondary N) is 1. The van der Waals surface area contributed by atoms with Crippen molar-refractivity contribution >= 4 is 6.21 Å². The van der Waals surface area contributed by atoms with Gasteiger partial charge in [-0.2, -0.15) is 0 Å². The van der Waals surface area contributed by atoms with Crippen LogP contribution in [0.4, 0.5) is 0 Å². The minimum atomic E-state index is 0.932.